The highest BCUT2D eigenvalue weighted by Gasteiger charge is 2.28. The smallest absolute Gasteiger partial charge is 0.289 e. The number of amides is 1. The fourth-order valence-electron chi connectivity index (χ4n) is 3.82. The lowest BCUT2D eigenvalue weighted by molar-refractivity contribution is 0.0908. The predicted molar refractivity (Wildman–Crippen MR) is 96.1 cm³/mol. The van der Waals surface area contributed by atoms with Crippen LogP contribution in [0.15, 0.2) is 33.5 Å². The number of rotatable bonds is 4. The molecule has 2 aliphatic rings. The molecule has 138 valence electrons. The first-order valence-electron chi connectivity index (χ1n) is 9.37. The van der Waals surface area contributed by atoms with E-state index in [1.807, 2.05) is 6.07 Å². The van der Waals surface area contributed by atoms with Crippen molar-refractivity contribution < 1.29 is 13.7 Å². The summed E-state index contributed by atoms with van der Waals surface area (Å²) in [5.74, 6) is 1.87. The van der Waals surface area contributed by atoms with E-state index in [9.17, 15) is 4.79 Å². The Bertz CT molecular complexity index is 1000. The molecule has 2 aromatic heterocycles. The molecule has 2 heterocycles. The summed E-state index contributed by atoms with van der Waals surface area (Å²) in [6, 6.07) is 6.13. The molecule has 0 aliphatic heterocycles. The number of benzene rings is 1. The van der Waals surface area contributed by atoms with E-state index in [1.165, 1.54) is 18.4 Å². The maximum atomic E-state index is 12.4. The second-order valence-electron chi connectivity index (χ2n) is 7.33. The van der Waals surface area contributed by atoms with Gasteiger partial charge in [0.05, 0.1) is 11.7 Å². The highest BCUT2D eigenvalue weighted by molar-refractivity contribution is 5.92. The Morgan fingerprint density at radius 2 is 2.15 bits per heavy atom. The van der Waals surface area contributed by atoms with Crippen molar-refractivity contribution in [1.29, 1.82) is 0 Å². The van der Waals surface area contributed by atoms with Crippen molar-refractivity contribution in [1.82, 2.24) is 20.4 Å². The Kier molecular flexibility index (Phi) is 3.81. The molecule has 3 aromatic rings. The molecule has 1 saturated carbocycles. The molecule has 0 saturated heterocycles. The van der Waals surface area contributed by atoms with E-state index in [0.29, 0.717) is 17.4 Å². The first-order chi connectivity index (χ1) is 13.2. The summed E-state index contributed by atoms with van der Waals surface area (Å²) in [6.45, 7) is 1.76. The van der Waals surface area contributed by atoms with Gasteiger partial charge in [-0.15, -0.1) is 0 Å². The second kappa shape index (κ2) is 6.33. The Morgan fingerprint density at radius 3 is 2.89 bits per heavy atom. The van der Waals surface area contributed by atoms with Crippen molar-refractivity contribution in [2.75, 3.05) is 0 Å². The molecule has 7 nitrogen and oxygen atoms in total. The summed E-state index contributed by atoms with van der Waals surface area (Å²) in [5.41, 5.74) is 3.90. The highest BCUT2D eigenvalue weighted by atomic mass is 16.5. The van der Waals surface area contributed by atoms with Crippen molar-refractivity contribution in [3.8, 4) is 11.4 Å². The molecular weight excluding hydrogens is 344 g/mol. The third-order valence-corrected chi connectivity index (χ3v) is 5.63. The lowest BCUT2D eigenvalue weighted by Crippen LogP contribution is -2.27. The van der Waals surface area contributed by atoms with Crippen LogP contribution in [0.2, 0.25) is 0 Å². The summed E-state index contributed by atoms with van der Waals surface area (Å²) in [6.07, 6.45) is 6.56. The molecular formula is C20H20N4O3. The van der Waals surface area contributed by atoms with Gasteiger partial charge in [-0.1, -0.05) is 23.7 Å². The number of carbonyl (C=O) groups is 1. The predicted octanol–water partition coefficient (Wildman–Crippen LogP) is 3.72. The zero-order valence-corrected chi connectivity index (χ0v) is 15.1. The minimum atomic E-state index is -0.227. The molecule has 1 aromatic carbocycles. The molecule has 0 radical (unpaired) electrons. The van der Waals surface area contributed by atoms with Crippen LogP contribution in [0.1, 0.15) is 70.9 Å². The fraction of sp³-hybridized carbons (Fsp3) is 0.400. The molecule has 0 spiro atoms. The van der Waals surface area contributed by atoms with E-state index in [-0.39, 0.29) is 17.7 Å². The van der Waals surface area contributed by atoms with Crippen LogP contribution in [-0.4, -0.2) is 21.0 Å². The average Bonchev–Trinajstić information content (AvgIpc) is 3.33. The third kappa shape index (κ3) is 2.83. The Balaban J connectivity index is 1.35. The number of nitrogens with one attached hydrogen (secondary N) is 1. The summed E-state index contributed by atoms with van der Waals surface area (Å²) < 4.78 is 10.6. The SMILES string of the molecule is Cc1ncoc1C(=O)NC1CCc2cc(-c3noc(C4CCC4)n3)ccc21. The van der Waals surface area contributed by atoms with Gasteiger partial charge in [0.2, 0.25) is 17.5 Å². The van der Waals surface area contributed by atoms with Gasteiger partial charge < -0.3 is 14.3 Å². The number of fused-ring (bicyclic) bond motifs is 1. The molecule has 7 heteroatoms. The normalized spacial score (nSPS) is 18.9. The van der Waals surface area contributed by atoms with Crippen LogP contribution in [0.25, 0.3) is 11.4 Å². The van der Waals surface area contributed by atoms with E-state index in [0.717, 1.165) is 42.7 Å². The number of nitrogens with zero attached hydrogens (tertiary/aromatic N) is 3. The fourth-order valence-corrected chi connectivity index (χ4v) is 3.82. The quantitative estimate of drug-likeness (QED) is 0.758. The number of aromatic nitrogens is 3. The van der Waals surface area contributed by atoms with Gasteiger partial charge in [0.25, 0.3) is 5.91 Å². The van der Waals surface area contributed by atoms with Gasteiger partial charge in [-0.25, -0.2) is 4.98 Å². The zero-order chi connectivity index (χ0) is 18.4. The van der Waals surface area contributed by atoms with Crippen LogP contribution >= 0.6 is 0 Å². The lowest BCUT2D eigenvalue weighted by Gasteiger charge is -2.20. The van der Waals surface area contributed by atoms with Crippen LogP contribution in [0, 0.1) is 6.92 Å². The van der Waals surface area contributed by atoms with Gasteiger partial charge in [0.1, 0.15) is 0 Å². The van der Waals surface area contributed by atoms with E-state index >= 15 is 0 Å². The number of hydrogen-bond acceptors (Lipinski definition) is 6. The third-order valence-electron chi connectivity index (χ3n) is 5.63. The molecule has 2 aliphatic carbocycles. The van der Waals surface area contributed by atoms with Gasteiger partial charge >= 0.3 is 0 Å². The number of aryl methyl sites for hydroxylation is 2. The summed E-state index contributed by atoms with van der Waals surface area (Å²) >= 11 is 0. The minimum Gasteiger partial charge on any atom is -0.438 e. The lowest BCUT2D eigenvalue weighted by atomic mass is 9.85. The number of hydrogen-bond donors (Lipinski definition) is 1. The average molecular weight is 364 g/mol. The Labute approximate surface area is 156 Å². The second-order valence-corrected chi connectivity index (χ2v) is 7.33. The molecule has 1 N–H and O–H groups in total. The largest absolute Gasteiger partial charge is 0.438 e. The van der Waals surface area contributed by atoms with Crippen molar-refractivity contribution in [3.05, 3.63) is 53.1 Å². The maximum Gasteiger partial charge on any atom is 0.289 e. The van der Waals surface area contributed by atoms with Crippen molar-refractivity contribution in [2.45, 2.75) is 51.0 Å². The monoisotopic (exact) mass is 364 g/mol. The van der Waals surface area contributed by atoms with Gasteiger partial charge in [-0.2, -0.15) is 4.98 Å². The van der Waals surface area contributed by atoms with Crippen LogP contribution < -0.4 is 5.32 Å². The van der Waals surface area contributed by atoms with Gasteiger partial charge in [-0.3, -0.25) is 4.79 Å². The van der Waals surface area contributed by atoms with Crippen LogP contribution in [0.3, 0.4) is 0 Å². The van der Waals surface area contributed by atoms with Gasteiger partial charge in [0, 0.05) is 11.5 Å². The Morgan fingerprint density at radius 1 is 1.26 bits per heavy atom. The first kappa shape index (κ1) is 16.2. The zero-order valence-electron chi connectivity index (χ0n) is 15.1. The molecule has 5 rings (SSSR count). The first-order valence-corrected chi connectivity index (χ1v) is 9.37. The van der Waals surface area contributed by atoms with E-state index in [1.54, 1.807) is 6.92 Å². The molecule has 1 fully saturated rings. The van der Waals surface area contributed by atoms with Crippen molar-refractivity contribution in [3.63, 3.8) is 0 Å². The Hall–Kier alpha value is -2.96. The molecule has 1 unspecified atom stereocenters. The standard InChI is InChI=1S/C20H20N4O3/c1-11-17(26-10-21-11)19(25)22-16-8-6-13-9-14(5-7-15(13)16)18-23-20(27-24-18)12-3-2-4-12/h5,7,9-10,12,16H,2-4,6,8H2,1H3,(H,22,25). The number of oxazole rings is 1. The van der Waals surface area contributed by atoms with E-state index in [4.69, 9.17) is 8.94 Å². The van der Waals surface area contributed by atoms with Crippen LogP contribution in [0.4, 0.5) is 0 Å². The molecule has 1 amide bonds. The van der Waals surface area contributed by atoms with Gasteiger partial charge in [0.15, 0.2) is 6.39 Å². The molecule has 27 heavy (non-hydrogen) atoms. The topological polar surface area (TPSA) is 94.1 Å². The minimum absolute atomic E-state index is 0.0261. The van der Waals surface area contributed by atoms with E-state index in [2.05, 4.69) is 32.6 Å². The van der Waals surface area contributed by atoms with Crippen molar-refractivity contribution in [2.24, 2.45) is 0 Å². The van der Waals surface area contributed by atoms with Gasteiger partial charge in [-0.05, 0) is 49.8 Å². The van der Waals surface area contributed by atoms with Crippen LogP contribution in [0.5, 0.6) is 0 Å². The maximum absolute atomic E-state index is 12.4. The summed E-state index contributed by atoms with van der Waals surface area (Å²) in [7, 11) is 0. The highest BCUT2D eigenvalue weighted by Crippen LogP contribution is 2.37. The summed E-state index contributed by atoms with van der Waals surface area (Å²) in [5, 5.41) is 7.20. The summed E-state index contributed by atoms with van der Waals surface area (Å²) in [4.78, 5) is 21.0. The molecule has 0 bridgehead atoms. The van der Waals surface area contributed by atoms with Crippen LogP contribution in [-0.2, 0) is 6.42 Å². The molecule has 1 atom stereocenters. The number of carbonyl (C=O) groups excluding carboxylic acids is 1. The van der Waals surface area contributed by atoms with Crippen molar-refractivity contribution >= 4 is 5.91 Å². The van der Waals surface area contributed by atoms with E-state index < -0.39 is 0 Å².